The molecule has 1 aliphatic heterocycles. The molecule has 0 bridgehead atoms. The molecule has 65 valence electrons. The van der Waals surface area contributed by atoms with Gasteiger partial charge in [0.2, 0.25) is 9.04 Å². The van der Waals surface area contributed by atoms with Crippen LogP contribution in [0.15, 0.2) is 0 Å². The van der Waals surface area contributed by atoms with Crippen molar-refractivity contribution >= 4 is 20.6 Å². The maximum absolute atomic E-state index is 6.32. The van der Waals surface area contributed by atoms with Gasteiger partial charge < -0.3 is 4.43 Å². The smallest absolute Gasteiger partial charge is 0.232 e. The SMILES string of the molecule is CCC(C)(Cl)[Si]1CCCCO1. The topological polar surface area (TPSA) is 9.23 Å². The molecule has 1 fully saturated rings. The first-order valence-corrected chi connectivity index (χ1v) is 6.34. The van der Waals surface area contributed by atoms with Gasteiger partial charge in [-0.3, -0.25) is 0 Å². The molecule has 0 N–H and O–H groups in total. The number of hydrogen-bond acceptors (Lipinski definition) is 1. The van der Waals surface area contributed by atoms with Gasteiger partial charge in [0.05, 0.1) is 4.50 Å². The number of rotatable bonds is 2. The second kappa shape index (κ2) is 3.92. The van der Waals surface area contributed by atoms with E-state index in [9.17, 15) is 0 Å². The van der Waals surface area contributed by atoms with Gasteiger partial charge in [-0.1, -0.05) is 13.3 Å². The van der Waals surface area contributed by atoms with Crippen molar-refractivity contribution in [1.82, 2.24) is 0 Å². The summed E-state index contributed by atoms with van der Waals surface area (Å²) in [4.78, 5) is 0. The van der Waals surface area contributed by atoms with Gasteiger partial charge in [-0.15, -0.1) is 11.6 Å². The first kappa shape index (κ1) is 9.55. The zero-order chi connectivity index (χ0) is 8.32. The van der Waals surface area contributed by atoms with Crippen LogP contribution in [-0.2, 0) is 4.43 Å². The zero-order valence-electron chi connectivity index (χ0n) is 7.32. The molecule has 0 aromatic rings. The lowest BCUT2D eigenvalue weighted by molar-refractivity contribution is 0.276. The molecule has 1 atom stereocenters. The van der Waals surface area contributed by atoms with Crippen molar-refractivity contribution in [2.24, 2.45) is 0 Å². The standard InChI is InChI=1S/C8H16ClOSi/c1-3-8(2,9)11-7-5-4-6-10-11/h3-7H2,1-2H3. The van der Waals surface area contributed by atoms with E-state index in [-0.39, 0.29) is 4.50 Å². The fraction of sp³-hybridized carbons (Fsp3) is 1.00. The molecule has 1 unspecified atom stereocenters. The Morgan fingerprint density at radius 1 is 1.55 bits per heavy atom. The first-order chi connectivity index (χ1) is 5.17. The minimum absolute atomic E-state index is 0.0366. The molecule has 0 aromatic heterocycles. The Balaban J connectivity index is 2.43. The van der Waals surface area contributed by atoms with Crippen LogP contribution in [0.1, 0.15) is 33.1 Å². The van der Waals surface area contributed by atoms with Crippen molar-refractivity contribution in [2.45, 2.75) is 43.7 Å². The second-order valence-electron chi connectivity index (χ2n) is 3.28. The predicted octanol–water partition coefficient (Wildman–Crippen LogP) is 2.74. The van der Waals surface area contributed by atoms with Crippen molar-refractivity contribution in [2.75, 3.05) is 6.61 Å². The van der Waals surface area contributed by atoms with Gasteiger partial charge in [0.15, 0.2) is 0 Å². The van der Waals surface area contributed by atoms with Gasteiger partial charge in [0.25, 0.3) is 0 Å². The fourth-order valence-corrected chi connectivity index (χ4v) is 4.03. The van der Waals surface area contributed by atoms with Crippen LogP contribution in [0.3, 0.4) is 0 Å². The van der Waals surface area contributed by atoms with E-state index in [0.29, 0.717) is 0 Å². The Labute approximate surface area is 75.8 Å². The molecule has 0 amide bonds. The molecule has 1 rings (SSSR count). The van der Waals surface area contributed by atoms with Crippen molar-refractivity contribution in [3.05, 3.63) is 0 Å². The number of hydrogen-bond donors (Lipinski definition) is 0. The van der Waals surface area contributed by atoms with Gasteiger partial charge >= 0.3 is 0 Å². The first-order valence-electron chi connectivity index (χ1n) is 4.35. The predicted molar refractivity (Wildman–Crippen MR) is 50.3 cm³/mol. The van der Waals surface area contributed by atoms with Gasteiger partial charge in [-0.2, -0.15) is 0 Å². The van der Waals surface area contributed by atoms with Gasteiger partial charge in [-0.25, -0.2) is 0 Å². The minimum Gasteiger partial charge on any atom is -0.415 e. The quantitative estimate of drug-likeness (QED) is 0.482. The molecule has 1 nitrogen and oxygen atoms in total. The highest BCUT2D eigenvalue weighted by molar-refractivity contribution is 6.67. The van der Waals surface area contributed by atoms with E-state index in [2.05, 4.69) is 13.8 Å². The molecule has 0 aliphatic carbocycles. The van der Waals surface area contributed by atoms with Crippen LogP contribution in [0.2, 0.25) is 6.04 Å². The summed E-state index contributed by atoms with van der Waals surface area (Å²) < 4.78 is 5.67. The monoisotopic (exact) mass is 191 g/mol. The Bertz CT molecular complexity index is 121. The van der Waals surface area contributed by atoms with Crippen LogP contribution in [0.25, 0.3) is 0 Å². The lowest BCUT2D eigenvalue weighted by atomic mass is 10.3. The summed E-state index contributed by atoms with van der Waals surface area (Å²) in [6.07, 6.45) is 3.57. The lowest BCUT2D eigenvalue weighted by Gasteiger charge is -2.31. The molecule has 1 aliphatic rings. The van der Waals surface area contributed by atoms with E-state index in [0.717, 1.165) is 13.0 Å². The van der Waals surface area contributed by atoms with Crippen LogP contribution in [0.4, 0.5) is 0 Å². The molecular weight excluding hydrogens is 176 g/mol. The molecule has 0 aromatic carbocycles. The Morgan fingerprint density at radius 3 is 2.73 bits per heavy atom. The van der Waals surface area contributed by atoms with E-state index in [1.54, 1.807) is 0 Å². The highest BCUT2D eigenvalue weighted by Crippen LogP contribution is 2.28. The van der Waals surface area contributed by atoms with Gasteiger partial charge in [0.1, 0.15) is 0 Å². The molecule has 1 radical (unpaired) electrons. The van der Waals surface area contributed by atoms with Crippen LogP contribution in [0.5, 0.6) is 0 Å². The van der Waals surface area contributed by atoms with E-state index in [4.69, 9.17) is 16.0 Å². The molecule has 0 saturated carbocycles. The van der Waals surface area contributed by atoms with E-state index < -0.39 is 9.04 Å². The van der Waals surface area contributed by atoms with E-state index >= 15 is 0 Å². The third-order valence-corrected chi connectivity index (χ3v) is 6.10. The molecule has 3 heteroatoms. The van der Waals surface area contributed by atoms with Crippen molar-refractivity contribution in [3.8, 4) is 0 Å². The highest BCUT2D eigenvalue weighted by atomic mass is 35.5. The third kappa shape index (κ3) is 2.46. The number of alkyl halides is 1. The summed E-state index contributed by atoms with van der Waals surface area (Å²) in [7, 11) is -0.710. The summed E-state index contributed by atoms with van der Waals surface area (Å²) in [5.74, 6) is 0. The summed E-state index contributed by atoms with van der Waals surface area (Å²) >= 11 is 6.32. The summed E-state index contributed by atoms with van der Waals surface area (Å²) in [5, 5.41) is 0. The Morgan fingerprint density at radius 2 is 2.27 bits per heavy atom. The summed E-state index contributed by atoms with van der Waals surface area (Å²) in [6.45, 7) is 5.20. The maximum Gasteiger partial charge on any atom is 0.232 e. The Kier molecular flexibility index (Phi) is 3.41. The normalized spacial score (nSPS) is 26.5. The Hall–Kier alpha value is 0.467. The van der Waals surface area contributed by atoms with Gasteiger partial charge in [-0.05, 0) is 25.8 Å². The van der Waals surface area contributed by atoms with E-state index in [1.807, 2.05) is 0 Å². The highest BCUT2D eigenvalue weighted by Gasteiger charge is 2.35. The van der Waals surface area contributed by atoms with E-state index in [1.165, 1.54) is 18.9 Å². The average molecular weight is 192 g/mol. The van der Waals surface area contributed by atoms with Crippen LogP contribution >= 0.6 is 11.6 Å². The average Bonchev–Trinajstić information content (AvgIpc) is 2.06. The largest absolute Gasteiger partial charge is 0.415 e. The molecule has 0 spiro atoms. The molecular formula is C8H16ClOSi. The third-order valence-electron chi connectivity index (χ3n) is 2.32. The second-order valence-corrected chi connectivity index (χ2v) is 7.17. The molecule has 1 saturated heterocycles. The van der Waals surface area contributed by atoms with Crippen LogP contribution in [-0.4, -0.2) is 20.1 Å². The number of halogens is 1. The lowest BCUT2D eigenvalue weighted by Crippen LogP contribution is -2.42. The van der Waals surface area contributed by atoms with Crippen molar-refractivity contribution in [3.63, 3.8) is 0 Å². The van der Waals surface area contributed by atoms with Crippen LogP contribution in [0, 0.1) is 0 Å². The van der Waals surface area contributed by atoms with Crippen LogP contribution < -0.4 is 0 Å². The van der Waals surface area contributed by atoms with Gasteiger partial charge in [0, 0.05) is 6.61 Å². The maximum atomic E-state index is 6.32. The summed E-state index contributed by atoms with van der Waals surface area (Å²) in [5.41, 5.74) is 0. The zero-order valence-corrected chi connectivity index (χ0v) is 9.08. The minimum atomic E-state index is -0.710. The van der Waals surface area contributed by atoms with Crippen molar-refractivity contribution < 1.29 is 4.43 Å². The van der Waals surface area contributed by atoms with Crippen molar-refractivity contribution in [1.29, 1.82) is 0 Å². The molecule has 11 heavy (non-hydrogen) atoms. The fourth-order valence-electron chi connectivity index (χ4n) is 1.26. The summed E-state index contributed by atoms with van der Waals surface area (Å²) in [6, 6.07) is 1.23. The molecule has 1 heterocycles.